The highest BCUT2D eigenvalue weighted by Crippen LogP contribution is 2.24. The summed E-state index contributed by atoms with van der Waals surface area (Å²) in [6.45, 7) is 4.64. The number of halogens is 2. The van der Waals surface area contributed by atoms with Crippen molar-refractivity contribution in [3.05, 3.63) is 28.7 Å². The van der Waals surface area contributed by atoms with Crippen LogP contribution in [-0.4, -0.2) is 30.8 Å². The van der Waals surface area contributed by atoms with E-state index < -0.39 is 0 Å². The van der Waals surface area contributed by atoms with Crippen molar-refractivity contribution < 1.29 is 4.79 Å². The molecule has 1 aromatic rings. The lowest BCUT2D eigenvalue weighted by molar-refractivity contribution is -0.124. The Bertz CT molecular complexity index is 424. The third-order valence-corrected chi connectivity index (χ3v) is 4.79. The van der Waals surface area contributed by atoms with Gasteiger partial charge in [0.2, 0.25) is 5.91 Å². The van der Waals surface area contributed by atoms with Crippen LogP contribution in [0.2, 0.25) is 0 Å². The van der Waals surface area contributed by atoms with E-state index in [1.807, 2.05) is 12.1 Å². The zero-order valence-electron chi connectivity index (χ0n) is 11.4. The number of amides is 1. The summed E-state index contributed by atoms with van der Waals surface area (Å²) in [5, 5.41) is 6.64. The first-order valence-electron chi connectivity index (χ1n) is 6.56. The molecule has 1 heterocycles. The van der Waals surface area contributed by atoms with Gasteiger partial charge in [-0.3, -0.25) is 4.79 Å². The second-order valence-corrected chi connectivity index (χ2v) is 7.24. The first-order valence-corrected chi connectivity index (χ1v) is 8.23. The van der Waals surface area contributed by atoms with Gasteiger partial charge in [0, 0.05) is 27.7 Å². The van der Waals surface area contributed by atoms with Gasteiger partial charge in [-0.2, -0.15) is 0 Å². The zero-order valence-corrected chi connectivity index (χ0v) is 14.6. The van der Waals surface area contributed by atoms with Gasteiger partial charge in [0.25, 0.3) is 0 Å². The van der Waals surface area contributed by atoms with Crippen LogP contribution in [0.1, 0.15) is 13.3 Å². The smallest absolute Gasteiger partial charge is 0.224 e. The van der Waals surface area contributed by atoms with Gasteiger partial charge >= 0.3 is 0 Å². The third kappa shape index (κ3) is 5.64. The summed E-state index contributed by atoms with van der Waals surface area (Å²) in [5.41, 5.74) is 0. The standard InChI is InChI=1S/C14H19BrN2OS.ClH/c1-10(19-13-4-2-12(15)3-5-13)8-17-14(18)11-6-7-16-9-11;/h2-5,10-11,16H,6-9H2,1H3,(H,17,18);1H. The average molecular weight is 380 g/mol. The van der Waals surface area contributed by atoms with E-state index in [0.717, 1.165) is 30.5 Å². The largest absolute Gasteiger partial charge is 0.355 e. The molecule has 2 unspecified atom stereocenters. The molecule has 3 nitrogen and oxygen atoms in total. The molecule has 0 spiro atoms. The van der Waals surface area contributed by atoms with Crippen molar-refractivity contribution >= 4 is 46.0 Å². The summed E-state index contributed by atoms with van der Waals surface area (Å²) in [4.78, 5) is 13.1. The maximum absolute atomic E-state index is 11.9. The molecule has 2 rings (SSSR count). The fourth-order valence-corrected chi connectivity index (χ4v) is 3.24. The fourth-order valence-electron chi connectivity index (χ4n) is 2.05. The topological polar surface area (TPSA) is 41.1 Å². The van der Waals surface area contributed by atoms with Crippen LogP contribution in [-0.2, 0) is 4.79 Å². The van der Waals surface area contributed by atoms with Gasteiger partial charge in [0.1, 0.15) is 0 Å². The number of carbonyl (C=O) groups excluding carboxylic acids is 1. The Balaban J connectivity index is 0.00000200. The van der Waals surface area contributed by atoms with Crippen molar-refractivity contribution in [3.63, 3.8) is 0 Å². The first kappa shape index (κ1) is 17.8. The molecule has 1 aliphatic rings. The highest BCUT2D eigenvalue weighted by Gasteiger charge is 2.22. The number of nitrogens with one attached hydrogen (secondary N) is 2. The molecule has 1 aromatic carbocycles. The quantitative estimate of drug-likeness (QED) is 0.773. The van der Waals surface area contributed by atoms with Crippen molar-refractivity contribution in [2.45, 2.75) is 23.5 Å². The summed E-state index contributed by atoms with van der Waals surface area (Å²) in [5.74, 6) is 0.345. The van der Waals surface area contributed by atoms with Crippen LogP contribution >= 0.6 is 40.1 Å². The molecule has 0 aromatic heterocycles. The van der Waals surface area contributed by atoms with E-state index in [1.165, 1.54) is 4.90 Å². The van der Waals surface area contributed by atoms with E-state index in [0.29, 0.717) is 5.25 Å². The predicted molar refractivity (Wildman–Crippen MR) is 90.7 cm³/mol. The van der Waals surface area contributed by atoms with Crippen LogP contribution < -0.4 is 10.6 Å². The van der Waals surface area contributed by atoms with Gasteiger partial charge in [-0.25, -0.2) is 0 Å². The Morgan fingerprint density at radius 1 is 1.50 bits per heavy atom. The summed E-state index contributed by atoms with van der Waals surface area (Å²) in [6, 6.07) is 8.26. The van der Waals surface area contributed by atoms with Crippen LogP contribution in [0, 0.1) is 5.92 Å². The van der Waals surface area contributed by atoms with Gasteiger partial charge in [-0.15, -0.1) is 24.2 Å². The van der Waals surface area contributed by atoms with Crippen LogP contribution in [0.3, 0.4) is 0 Å². The van der Waals surface area contributed by atoms with Crippen LogP contribution in [0.4, 0.5) is 0 Å². The molecule has 0 bridgehead atoms. The SMILES string of the molecule is CC(CNC(=O)C1CCNC1)Sc1ccc(Br)cc1.Cl. The van der Waals surface area contributed by atoms with Gasteiger partial charge < -0.3 is 10.6 Å². The van der Waals surface area contributed by atoms with E-state index in [2.05, 4.69) is 45.6 Å². The number of rotatable bonds is 5. The molecule has 0 saturated carbocycles. The number of hydrogen-bond acceptors (Lipinski definition) is 3. The minimum absolute atomic E-state index is 0. The maximum Gasteiger partial charge on any atom is 0.224 e. The number of benzene rings is 1. The summed E-state index contributed by atoms with van der Waals surface area (Å²) in [7, 11) is 0. The minimum atomic E-state index is 0. The van der Waals surface area contributed by atoms with Crippen LogP contribution in [0.25, 0.3) is 0 Å². The second-order valence-electron chi connectivity index (χ2n) is 4.82. The van der Waals surface area contributed by atoms with Gasteiger partial charge in [-0.05, 0) is 37.2 Å². The third-order valence-electron chi connectivity index (χ3n) is 3.15. The molecule has 1 aliphatic heterocycles. The number of hydrogen-bond donors (Lipinski definition) is 2. The molecule has 112 valence electrons. The highest BCUT2D eigenvalue weighted by molar-refractivity contribution is 9.10. The number of carbonyl (C=O) groups is 1. The Hall–Kier alpha value is -0.230. The second kappa shape index (κ2) is 8.93. The van der Waals surface area contributed by atoms with Crippen LogP contribution in [0.15, 0.2) is 33.6 Å². The van der Waals surface area contributed by atoms with Crippen LogP contribution in [0.5, 0.6) is 0 Å². The lowest BCUT2D eigenvalue weighted by Crippen LogP contribution is -2.35. The van der Waals surface area contributed by atoms with E-state index in [9.17, 15) is 4.79 Å². The summed E-state index contributed by atoms with van der Waals surface area (Å²) < 4.78 is 1.09. The predicted octanol–water partition coefficient (Wildman–Crippen LogP) is 3.08. The van der Waals surface area contributed by atoms with Gasteiger partial charge in [0.05, 0.1) is 5.92 Å². The lowest BCUT2D eigenvalue weighted by atomic mass is 10.1. The minimum Gasteiger partial charge on any atom is -0.355 e. The molecule has 6 heteroatoms. The molecule has 20 heavy (non-hydrogen) atoms. The molecule has 2 N–H and O–H groups in total. The Morgan fingerprint density at radius 3 is 2.80 bits per heavy atom. The average Bonchev–Trinajstić information content (AvgIpc) is 2.93. The highest BCUT2D eigenvalue weighted by atomic mass is 79.9. The number of thioether (sulfide) groups is 1. The normalized spacial score (nSPS) is 19.2. The molecule has 2 atom stereocenters. The summed E-state index contributed by atoms with van der Waals surface area (Å²) >= 11 is 5.21. The Kier molecular flexibility index (Phi) is 7.95. The molecular weight excluding hydrogens is 360 g/mol. The van der Waals surface area contributed by atoms with E-state index in [4.69, 9.17) is 0 Å². The van der Waals surface area contributed by atoms with Gasteiger partial charge in [-0.1, -0.05) is 22.9 Å². The molecule has 0 radical (unpaired) electrons. The first-order chi connectivity index (χ1) is 9.15. The molecule has 1 fully saturated rings. The fraction of sp³-hybridized carbons (Fsp3) is 0.500. The van der Waals surface area contributed by atoms with Crippen molar-refractivity contribution in [1.82, 2.24) is 10.6 Å². The van der Waals surface area contributed by atoms with Crippen molar-refractivity contribution in [1.29, 1.82) is 0 Å². The lowest BCUT2D eigenvalue weighted by Gasteiger charge is -2.14. The van der Waals surface area contributed by atoms with Crippen molar-refractivity contribution in [3.8, 4) is 0 Å². The molecule has 1 saturated heterocycles. The van der Waals surface area contributed by atoms with Gasteiger partial charge in [0.15, 0.2) is 0 Å². The van der Waals surface area contributed by atoms with E-state index in [1.54, 1.807) is 11.8 Å². The summed E-state index contributed by atoms with van der Waals surface area (Å²) in [6.07, 6.45) is 0.958. The maximum atomic E-state index is 11.9. The zero-order chi connectivity index (χ0) is 13.7. The van der Waals surface area contributed by atoms with Crippen molar-refractivity contribution in [2.24, 2.45) is 5.92 Å². The molecule has 1 amide bonds. The van der Waals surface area contributed by atoms with E-state index in [-0.39, 0.29) is 24.2 Å². The van der Waals surface area contributed by atoms with E-state index >= 15 is 0 Å². The van der Waals surface area contributed by atoms with Crippen molar-refractivity contribution in [2.75, 3.05) is 19.6 Å². The molecular formula is C14H20BrClN2OS. The Morgan fingerprint density at radius 2 is 2.20 bits per heavy atom. The monoisotopic (exact) mass is 378 g/mol. The Labute approximate surface area is 139 Å². The molecule has 0 aliphatic carbocycles.